The van der Waals surface area contributed by atoms with Crippen LogP contribution in [0.2, 0.25) is 0 Å². The average Bonchev–Trinajstić information content (AvgIpc) is 2.92. The van der Waals surface area contributed by atoms with Crippen molar-refractivity contribution < 1.29 is 4.74 Å². The molecule has 1 heterocycles. The van der Waals surface area contributed by atoms with Crippen LogP contribution in [-0.4, -0.2) is 16.7 Å². The van der Waals surface area contributed by atoms with Crippen LogP contribution in [-0.2, 0) is 13.1 Å². The lowest BCUT2D eigenvalue weighted by molar-refractivity contribution is 0.413. The van der Waals surface area contributed by atoms with Gasteiger partial charge in [0.2, 0.25) is 0 Å². The van der Waals surface area contributed by atoms with Gasteiger partial charge in [0.25, 0.3) is 0 Å². The Kier molecular flexibility index (Phi) is 5.18. The summed E-state index contributed by atoms with van der Waals surface area (Å²) in [4.78, 5) is 4.41. The molecule has 1 aromatic carbocycles. The van der Waals surface area contributed by atoms with E-state index in [-0.39, 0.29) is 6.04 Å². The van der Waals surface area contributed by atoms with Crippen LogP contribution in [0.5, 0.6) is 5.75 Å². The third-order valence-corrected chi connectivity index (χ3v) is 3.43. The second kappa shape index (κ2) is 7.10. The topological polar surface area (TPSA) is 39.1 Å². The van der Waals surface area contributed by atoms with Gasteiger partial charge in [-0.05, 0) is 31.0 Å². The first-order valence-corrected chi connectivity index (χ1v) is 7.12. The second-order valence-electron chi connectivity index (χ2n) is 4.92. The van der Waals surface area contributed by atoms with Crippen LogP contribution >= 0.6 is 0 Å². The maximum atomic E-state index is 5.26. The third kappa shape index (κ3) is 3.61. The van der Waals surface area contributed by atoms with Crippen LogP contribution in [0.3, 0.4) is 0 Å². The van der Waals surface area contributed by atoms with Crippen molar-refractivity contribution in [1.29, 1.82) is 0 Å². The zero-order chi connectivity index (χ0) is 14.4. The number of ether oxygens (including phenoxy) is 1. The molecule has 4 heteroatoms. The summed E-state index contributed by atoms with van der Waals surface area (Å²) in [6.45, 7) is 6.12. The van der Waals surface area contributed by atoms with Crippen LogP contribution in [0.15, 0.2) is 36.7 Å². The van der Waals surface area contributed by atoms with E-state index in [1.807, 2.05) is 24.5 Å². The van der Waals surface area contributed by atoms with E-state index in [4.69, 9.17) is 4.74 Å². The highest BCUT2D eigenvalue weighted by molar-refractivity contribution is 5.30. The Balaban J connectivity index is 1.97. The average molecular weight is 273 g/mol. The van der Waals surface area contributed by atoms with Gasteiger partial charge in [-0.2, -0.15) is 0 Å². The Morgan fingerprint density at radius 1 is 1.40 bits per heavy atom. The van der Waals surface area contributed by atoms with Gasteiger partial charge in [0, 0.05) is 25.0 Å². The Morgan fingerprint density at radius 2 is 2.25 bits per heavy atom. The van der Waals surface area contributed by atoms with Gasteiger partial charge >= 0.3 is 0 Å². The second-order valence-corrected chi connectivity index (χ2v) is 4.92. The molecule has 0 amide bonds. The summed E-state index contributed by atoms with van der Waals surface area (Å²) in [6.07, 6.45) is 5.02. The van der Waals surface area contributed by atoms with Crippen molar-refractivity contribution in [1.82, 2.24) is 14.9 Å². The number of hydrogen-bond acceptors (Lipinski definition) is 3. The Hall–Kier alpha value is -1.81. The minimum atomic E-state index is 0.261. The van der Waals surface area contributed by atoms with Gasteiger partial charge in [-0.25, -0.2) is 4.98 Å². The Bertz CT molecular complexity index is 536. The van der Waals surface area contributed by atoms with Crippen molar-refractivity contribution >= 4 is 0 Å². The van der Waals surface area contributed by atoms with E-state index in [9.17, 15) is 0 Å². The lowest BCUT2D eigenvalue weighted by atomic mass is 10.1. The van der Waals surface area contributed by atoms with Gasteiger partial charge in [-0.15, -0.1) is 0 Å². The molecule has 0 aliphatic carbocycles. The van der Waals surface area contributed by atoms with E-state index in [0.717, 1.165) is 31.1 Å². The van der Waals surface area contributed by atoms with Gasteiger partial charge in [0.15, 0.2) is 0 Å². The number of benzene rings is 1. The number of rotatable bonds is 7. The highest BCUT2D eigenvalue weighted by Crippen LogP contribution is 2.19. The zero-order valence-corrected chi connectivity index (χ0v) is 12.5. The number of nitrogens with one attached hydrogen (secondary N) is 1. The fourth-order valence-electron chi connectivity index (χ4n) is 2.22. The Labute approximate surface area is 120 Å². The van der Waals surface area contributed by atoms with Gasteiger partial charge in [-0.1, -0.05) is 19.1 Å². The molecule has 108 valence electrons. The standard InChI is InChI=1S/C16H23N3O/c1-4-9-19-10-8-17-16(19)12-18-13(2)14-6-5-7-15(11-14)20-3/h5-8,10-11,13,18H,4,9,12H2,1-3H3/t13-/m1/s1. The maximum Gasteiger partial charge on any atom is 0.122 e. The molecule has 0 saturated heterocycles. The molecule has 0 aliphatic rings. The third-order valence-electron chi connectivity index (χ3n) is 3.43. The molecule has 0 unspecified atom stereocenters. The molecule has 20 heavy (non-hydrogen) atoms. The predicted octanol–water partition coefficient (Wildman–Crippen LogP) is 3.15. The molecule has 0 radical (unpaired) electrons. The number of aromatic nitrogens is 2. The lowest BCUT2D eigenvalue weighted by Gasteiger charge is -2.15. The molecule has 4 nitrogen and oxygen atoms in total. The quantitative estimate of drug-likeness (QED) is 0.842. The number of aryl methyl sites for hydroxylation is 1. The summed E-state index contributed by atoms with van der Waals surface area (Å²) in [6, 6.07) is 8.42. The first-order valence-electron chi connectivity index (χ1n) is 7.12. The summed E-state index contributed by atoms with van der Waals surface area (Å²) in [5.41, 5.74) is 1.22. The number of hydrogen-bond donors (Lipinski definition) is 1. The van der Waals surface area contributed by atoms with Crippen LogP contribution in [0.1, 0.15) is 37.7 Å². The molecular weight excluding hydrogens is 250 g/mol. The lowest BCUT2D eigenvalue weighted by Crippen LogP contribution is -2.20. The molecule has 0 aliphatic heterocycles. The van der Waals surface area contributed by atoms with Gasteiger partial charge in [0.05, 0.1) is 13.7 Å². The summed E-state index contributed by atoms with van der Waals surface area (Å²) in [5, 5.41) is 3.51. The van der Waals surface area contributed by atoms with Gasteiger partial charge in [-0.3, -0.25) is 0 Å². The number of imidazole rings is 1. The van der Waals surface area contributed by atoms with Crippen molar-refractivity contribution in [2.24, 2.45) is 0 Å². The Morgan fingerprint density at radius 3 is 3.00 bits per heavy atom. The van der Waals surface area contributed by atoms with Crippen molar-refractivity contribution in [2.45, 2.75) is 39.4 Å². The summed E-state index contributed by atoms with van der Waals surface area (Å²) in [5.74, 6) is 1.98. The van der Waals surface area contributed by atoms with Crippen LogP contribution in [0.4, 0.5) is 0 Å². The molecule has 2 rings (SSSR count). The van der Waals surface area contributed by atoms with Gasteiger partial charge < -0.3 is 14.6 Å². The highest BCUT2D eigenvalue weighted by atomic mass is 16.5. The predicted molar refractivity (Wildman–Crippen MR) is 80.8 cm³/mol. The van der Waals surface area contributed by atoms with Crippen molar-refractivity contribution in [2.75, 3.05) is 7.11 Å². The smallest absolute Gasteiger partial charge is 0.122 e. The van der Waals surface area contributed by atoms with Crippen LogP contribution in [0.25, 0.3) is 0 Å². The van der Waals surface area contributed by atoms with Crippen LogP contribution in [0, 0.1) is 0 Å². The molecule has 0 fully saturated rings. The SMILES string of the molecule is CCCn1ccnc1CN[C@H](C)c1cccc(OC)c1. The van der Waals surface area contributed by atoms with Gasteiger partial charge in [0.1, 0.15) is 11.6 Å². The number of nitrogens with zero attached hydrogens (tertiary/aromatic N) is 2. The normalized spacial score (nSPS) is 12.3. The first kappa shape index (κ1) is 14.6. The van der Waals surface area contributed by atoms with E-state index in [1.54, 1.807) is 7.11 Å². The molecule has 0 bridgehead atoms. The molecule has 0 saturated carbocycles. The molecule has 2 aromatic rings. The van der Waals surface area contributed by atoms with E-state index < -0.39 is 0 Å². The number of methoxy groups -OCH3 is 1. The molecule has 1 N–H and O–H groups in total. The minimum absolute atomic E-state index is 0.261. The van der Waals surface area contributed by atoms with Crippen molar-refractivity contribution in [3.8, 4) is 5.75 Å². The largest absolute Gasteiger partial charge is 0.497 e. The first-order chi connectivity index (χ1) is 9.74. The molecule has 1 atom stereocenters. The molecule has 1 aromatic heterocycles. The summed E-state index contributed by atoms with van der Waals surface area (Å²) < 4.78 is 7.46. The fraction of sp³-hybridized carbons (Fsp3) is 0.438. The fourth-order valence-corrected chi connectivity index (χ4v) is 2.22. The highest BCUT2D eigenvalue weighted by Gasteiger charge is 2.08. The van der Waals surface area contributed by atoms with Crippen LogP contribution < -0.4 is 10.1 Å². The van der Waals surface area contributed by atoms with E-state index in [1.165, 1.54) is 5.56 Å². The summed E-state index contributed by atoms with van der Waals surface area (Å²) in [7, 11) is 1.69. The van der Waals surface area contributed by atoms with E-state index >= 15 is 0 Å². The van der Waals surface area contributed by atoms with Crippen molar-refractivity contribution in [3.63, 3.8) is 0 Å². The molecule has 0 spiro atoms. The van der Waals surface area contributed by atoms with E-state index in [2.05, 4.69) is 40.8 Å². The summed E-state index contributed by atoms with van der Waals surface area (Å²) >= 11 is 0. The maximum absolute atomic E-state index is 5.26. The van der Waals surface area contributed by atoms with E-state index in [0.29, 0.717) is 0 Å². The molecular formula is C16H23N3O. The monoisotopic (exact) mass is 273 g/mol. The van der Waals surface area contributed by atoms with Crippen molar-refractivity contribution in [3.05, 3.63) is 48.0 Å². The minimum Gasteiger partial charge on any atom is -0.497 e. The zero-order valence-electron chi connectivity index (χ0n) is 12.5.